The number of carbonyl (C=O) groups is 2. The van der Waals surface area contributed by atoms with E-state index in [1.54, 1.807) is 24.3 Å². The summed E-state index contributed by atoms with van der Waals surface area (Å²) in [5.41, 5.74) is 3.77. The van der Waals surface area contributed by atoms with Gasteiger partial charge < -0.3 is 5.32 Å². The fourth-order valence-electron chi connectivity index (χ4n) is 2.93. The van der Waals surface area contributed by atoms with Gasteiger partial charge >= 0.3 is 0 Å². The Morgan fingerprint density at radius 1 is 0.852 bits per heavy atom. The number of aryl methyl sites for hydroxylation is 1. The number of anilines is 1. The number of rotatable bonds is 6. The second kappa shape index (κ2) is 8.41. The van der Waals surface area contributed by atoms with Crippen molar-refractivity contribution in [3.63, 3.8) is 0 Å². The molecule has 0 spiro atoms. The van der Waals surface area contributed by atoms with Crippen LogP contribution < -0.4 is 5.32 Å². The maximum atomic E-state index is 13.3. The fourth-order valence-corrected chi connectivity index (χ4v) is 2.93. The molecule has 136 valence electrons. The van der Waals surface area contributed by atoms with E-state index in [2.05, 4.69) is 5.32 Å². The molecule has 0 saturated heterocycles. The first-order valence-electron chi connectivity index (χ1n) is 8.73. The lowest BCUT2D eigenvalue weighted by Crippen LogP contribution is -2.12. The highest BCUT2D eigenvalue weighted by Crippen LogP contribution is 2.15. The molecule has 3 rings (SSSR count). The summed E-state index contributed by atoms with van der Waals surface area (Å²) in [6.45, 7) is 2.00. The van der Waals surface area contributed by atoms with E-state index in [0.717, 1.165) is 16.7 Å². The van der Waals surface area contributed by atoms with Gasteiger partial charge in [-0.25, -0.2) is 4.39 Å². The van der Waals surface area contributed by atoms with Gasteiger partial charge in [-0.15, -0.1) is 0 Å². The molecular weight excluding hydrogens is 341 g/mol. The van der Waals surface area contributed by atoms with Crippen molar-refractivity contribution >= 4 is 17.4 Å². The number of nitrogens with one attached hydrogen (secondary N) is 1. The average molecular weight is 361 g/mol. The highest BCUT2D eigenvalue weighted by atomic mass is 19.1. The molecule has 0 aliphatic carbocycles. The molecule has 0 aromatic heterocycles. The molecule has 0 aliphatic heterocycles. The first kappa shape index (κ1) is 18.5. The Bertz CT molecular complexity index is 981. The van der Waals surface area contributed by atoms with Gasteiger partial charge in [-0.3, -0.25) is 9.59 Å². The summed E-state index contributed by atoms with van der Waals surface area (Å²) in [5, 5.41) is 2.74. The quantitative estimate of drug-likeness (QED) is 0.689. The van der Waals surface area contributed by atoms with Gasteiger partial charge in [-0.05, 0) is 48.4 Å². The molecule has 0 radical (unpaired) electrons. The topological polar surface area (TPSA) is 46.2 Å². The van der Waals surface area contributed by atoms with E-state index in [4.69, 9.17) is 0 Å². The summed E-state index contributed by atoms with van der Waals surface area (Å²) in [7, 11) is 0. The van der Waals surface area contributed by atoms with Gasteiger partial charge in [0.15, 0.2) is 0 Å². The SMILES string of the molecule is Cc1cccc(CC(=O)Cc2cccc(NC(=O)c3cccc(F)c3)c2)c1. The van der Waals surface area contributed by atoms with Crippen LogP contribution in [0.25, 0.3) is 0 Å². The third-order valence-corrected chi connectivity index (χ3v) is 4.16. The summed E-state index contributed by atoms with van der Waals surface area (Å²) in [4.78, 5) is 24.6. The first-order chi connectivity index (χ1) is 13.0. The van der Waals surface area contributed by atoms with Crippen molar-refractivity contribution in [1.82, 2.24) is 0 Å². The number of hydrogen-bond donors (Lipinski definition) is 1. The van der Waals surface area contributed by atoms with Crippen LogP contribution in [-0.4, -0.2) is 11.7 Å². The summed E-state index contributed by atoms with van der Waals surface area (Å²) in [5.74, 6) is -0.745. The van der Waals surface area contributed by atoms with Crippen LogP contribution >= 0.6 is 0 Å². The van der Waals surface area contributed by atoms with Crippen molar-refractivity contribution in [2.24, 2.45) is 0 Å². The molecule has 3 nitrogen and oxygen atoms in total. The number of halogens is 1. The third kappa shape index (κ3) is 5.35. The lowest BCUT2D eigenvalue weighted by atomic mass is 10.0. The van der Waals surface area contributed by atoms with Crippen LogP contribution in [0.2, 0.25) is 0 Å². The van der Waals surface area contributed by atoms with Crippen molar-refractivity contribution in [3.8, 4) is 0 Å². The van der Waals surface area contributed by atoms with E-state index in [1.165, 1.54) is 18.2 Å². The van der Waals surface area contributed by atoms with Crippen LogP contribution in [0.1, 0.15) is 27.0 Å². The van der Waals surface area contributed by atoms with Crippen LogP contribution in [0.4, 0.5) is 10.1 Å². The van der Waals surface area contributed by atoms with E-state index in [1.807, 2.05) is 37.3 Å². The standard InChI is InChI=1S/C23H20FNO2/c1-16-5-2-6-17(11-16)13-22(26)14-18-7-3-10-21(12-18)25-23(27)19-8-4-9-20(24)15-19/h2-12,15H,13-14H2,1H3,(H,25,27). The average Bonchev–Trinajstić information content (AvgIpc) is 2.62. The van der Waals surface area contributed by atoms with Gasteiger partial charge in [0.2, 0.25) is 0 Å². The van der Waals surface area contributed by atoms with Crippen LogP contribution in [0.3, 0.4) is 0 Å². The number of carbonyl (C=O) groups excluding carboxylic acids is 2. The normalized spacial score (nSPS) is 10.4. The predicted octanol–water partition coefficient (Wildman–Crippen LogP) is 4.74. The molecule has 0 unspecified atom stereocenters. The third-order valence-electron chi connectivity index (χ3n) is 4.16. The Balaban J connectivity index is 1.64. The van der Waals surface area contributed by atoms with E-state index < -0.39 is 11.7 Å². The Hall–Kier alpha value is -3.27. The summed E-state index contributed by atoms with van der Waals surface area (Å²) in [6.07, 6.45) is 0.666. The minimum absolute atomic E-state index is 0.106. The minimum atomic E-state index is -0.460. The molecule has 0 aliphatic rings. The van der Waals surface area contributed by atoms with Gasteiger partial charge in [0.25, 0.3) is 5.91 Å². The highest BCUT2D eigenvalue weighted by molar-refractivity contribution is 6.04. The number of hydrogen-bond acceptors (Lipinski definition) is 2. The van der Waals surface area contributed by atoms with Crippen LogP contribution in [0.5, 0.6) is 0 Å². The van der Waals surface area contributed by atoms with Gasteiger partial charge in [0.05, 0.1) is 0 Å². The molecule has 27 heavy (non-hydrogen) atoms. The van der Waals surface area contributed by atoms with Crippen molar-refractivity contribution in [2.45, 2.75) is 19.8 Å². The molecule has 3 aromatic carbocycles. The zero-order chi connectivity index (χ0) is 19.2. The van der Waals surface area contributed by atoms with E-state index in [9.17, 15) is 14.0 Å². The second-order valence-corrected chi connectivity index (χ2v) is 6.55. The summed E-state index contributed by atoms with van der Waals surface area (Å²) >= 11 is 0. The highest BCUT2D eigenvalue weighted by Gasteiger charge is 2.09. The van der Waals surface area contributed by atoms with Crippen molar-refractivity contribution in [1.29, 1.82) is 0 Å². The van der Waals surface area contributed by atoms with Gasteiger partial charge in [0, 0.05) is 24.1 Å². The van der Waals surface area contributed by atoms with E-state index in [0.29, 0.717) is 12.1 Å². The maximum absolute atomic E-state index is 13.3. The van der Waals surface area contributed by atoms with Crippen molar-refractivity contribution < 1.29 is 14.0 Å². The number of Topliss-reactive ketones (excluding diaryl/α,β-unsaturated/α-hetero) is 1. The molecule has 0 bridgehead atoms. The lowest BCUT2D eigenvalue weighted by Gasteiger charge is -2.08. The van der Waals surface area contributed by atoms with E-state index >= 15 is 0 Å². The monoisotopic (exact) mass is 361 g/mol. The van der Waals surface area contributed by atoms with Crippen molar-refractivity contribution in [2.75, 3.05) is 5.32 Å². The Morgan fingerprint density at radius 2 is 1.52 bits per heavy atom. The fraction of sp³-hybridized carbons (Fsp3) is 0.130. The summed E-state index contributed by atoms with van der Waals surface area (Å²) < 4.78 is 13.3. The molecular formula is C23H20FNO2. The molecule has 1 amide bonds. The Morgan fingerprint density at radius 3 is 2.22 bits per heavy atom. The molecule has 1 N–H and O–H groups in total. The lowest BCUT2D eigenvalue weighted by molar-refractivity contribution is -0.117. The van der Waals surface area contributed by atoms with E-state index in [-0.39, 0.29) is 17.8 Å². The van der Waals surface area contributed by atoms with Crippen LogP contribution in [0, 0.1) is 12.7 Å². The molecule has 3 aromatic rings. The van der Waals surface area contributed by atoms with Crippen LogP contribution in [0.15, 0.2) is 72.8 Å². The molecule has 0 atom stereocenters. The molecule has 4 heteroatoms. The Kier molecular flexibility index (Phi) is 5.77. The predicted molar refractivity (Wildman–Crippen MR) is 104 cm³/mol. The summed E-state index contributed by atoms with van der Waals surface area (Å²) in [6, 6.07) is 20.6. The second-order valence-electron chi connectivity index (χ2n) is 6.55. The number of amides is 1. The first-order valence-corrected chi connectivity index (χ1v) is 8.73. The molecule has 0 heterocycles. The van der Waals surface area contributed by atoms with Gasteiger partial charge in [-0.2, -0.15) is 0 Å². The number of ketones is 1. The minimum Gasteiger partial charge on any atom is -0.322 e. The van der Waals surface area contributed by atoms with Gasteiger partial charge in [-0.1, -0.05) is 48.0 Å². The Labute approximate surface area is 157 Å². The van der Waals surface area contributed by atoms with Crippen LogP contribution in [-0.2, 0) is 17.6 Å². The van der Waals surface area contributed by atoms with Crippen molar-refractivity contribution in [3.05, 3.63) is 101 Å². The van der Waals surface area contributed by atoms with Gasteiger partial charge in [0.1, 0.15) is 11.6 Å². The largest absolute Gasteiger partial charge is 0.322 e. The number of benzene rings is 3. The molecule has 0 saturated carbocycles. The zero-order valence-corrected chi connectivity index (χ0v) is 15.0. The smallest absolute Gasteiger partial charge is 0.255 e. The molecule has 0 fully saturated rings. The zero-order valence-electron chi connectivity index (χ0n) is 15.0. The maximum Gasteiger partial charge on any atom is 0.255 e.